The molecular weight excluding hydrogens is 390 g/mol. The van der Waals surface area contributed by atoms with Crippen LogP contribution >= 0.6 is 21.8 Å². The van der Waals surface area contributed by atoms with Crippen molar-refractivity contribution >= 4 is 21.8 Å². The first-order chi connectivity index (χ1) is 13.4. The van der Waals surface area contributed by atoms with Crippen molar-refractivity contribution in [1.29, 1.82) is 0 Å². The molecule has 0 radical (unpaired) electrons. The van der Waals surface area contributed by atoms with Crippen molar-refractivity contribution in [2.24, 2.45) is 17.3 Å². The van der Waals surface area contributed by atoms with E-state index in [1.54, 1.807) is 5.56 Å². The van der Waals surface area contributed by atoms with Crippen LogP contribution in [0.3, 0.4) is 0 Å². The maximum atomic E-state index is 3.87. The Morgan fingerprint density at radius 2 is 1.69 bits per heavy atom. The maximum Gasteiger partial charge on any atom is 0.0280 e. The summed E-state index contributed by atoms with van der Waals surface area (Å²) in [5.74, 6) is 3.12. The van der Waals surface area contributed by atoms with Crippen LogP contribution in [0.4, 0.5) is 0 Å². The van der Waals surface area contributed by atoms with Crippen LogP contribution < -0.4 is 5.32 Å². The summed E-state index contributed by atoms with van der Waals surface area (Å²) in [5, 5.41) is 5.31. The molecular formula is C26H39NS2. The molecule has 0 bridgehead atoms. The molecule has 29 heavy (non-hydrogen) atoms. The molecule has 3 unspecified atom stereocenters. The van der Waals surface area contributed by atoms with E-state index in [9.17, 15) is 0 Å². The lowest BCUT2D eigenvalue weighted by Gasteiger charge is -2.45. The Balaban J connectivity index is 1.74. The normalized spacial score (nSPS) is 31.9. The van der Waals surface area contributed by atoms with Gasteiger partial charge in [-0.05, 0) is 67.7 Å². The molecule has 0 aromatic heterocycles. The van der Waals surface area contributed by atoms with Crippen LogP contribution in [-0.4, -0.2) is 34.4 Å². The van der Waals surface area contributed by atoms with Gasteiger partial charge in [-0.1, -0.05) is 57.2 Å². The number of hydrogen-bond acceptors (Lipinski definition) is 2. The van der Waals surface area contributed by atoms with Gasteiger partial charge in [0.25, 0.3) is 0 Å². The summed E-state index contributed by atoms with van der Waals surface area (Å²) in [4.78, 5) is 1.53. The number of hydrogen-bond donors (Lipinski definition) is 1. The third-order valence-electron chi connectivity index (χ3n) is 6.90. The molecule has 0 saturated heterocycles. The lowest BCUT2D eigenvalue weighted by atomic mass is 9.76. The van der Waals surface area contributed by atoms with E-state index in [4.69, 9.17) is 0 Å². The highest BCUT2D eigenvalue weighted by Gasteiger charge is 2.57. The van der Waals surface area contributed by atoms with Crippen LogP contribution in [-0.2, 0) is 0 Å². The summed E-state index contributed by atoms with van der Waals surface area (Å²) >= 11 is 2.18. The standard InChI is InChI=1S/C26H39NS2/c1-25(2,3)17-13-14-18-20(15-17)24(29(7,8)16-27-26(4,5)6)23-22(18)19-11-9-10-12-21(19)28-23/h9-15,18,20,22-24,27H,16H2,1-8H3/t18?,20-,22?,23+,24?/m1/s1. The number of nitrogens with one attached hydrogen (secondary N) is 1. The summed E-state index contributed by atoms with van der Waals surface area (Å²) in [6.45, 7) is 14.0. The molecule has 1 heterocycles. The first kappa shape index (κ1) is 21.6. The van der Waals surface area contributed by atoms with Crippen molar-refractivity contribution in [3.8, 4) is 0 Å². The maximum absolute atomic E-state index is 3.87. The molecule has 3 heteroatoms. The van der Waals surface area contributed by atoms with Crippen LogP contribution in [0.15, 0.2) is 53.0 Å². The number of benzene rings is 1. The molecule has 2 aliphatic carbocycles. The van der Waals surface area contributed by atoms with Crippen molar-refractivity contribution in [2.45, 2.75) is 68.4 Å². The van der Waals surface area contributed by atoms with Crippen molar-refractivity contribution in [2.75, 3.05) is 18.4 Å². The third-order valence-corrected chi connectivity index (χ3v) is 11.5. The molecule has 1 nitrogen and oxygen atoms in total. The van der Waals surface area contributed by atoms with Crippen LogP contribution in [0.25, 0.3) is 0 Å². The van der Waals surface area contributed by atoms with Gasteiger partial charge in [0, 0.05) is 32.7 Å². The molecule has 160 valence electrons. The van der Waals surface area contributed by atoms with Gasteiger partial charge in [-0.2, -0.15) is 0 Å². The van der Waals surface area contributed by atoms with Crippen molar-refractivity contribution in [3.63, 3.8) is 0 Å². The Morgan fingerprint density at radius 1 is 1.00 bits per heavy atom. The number of thioether (sulfide) groups is 1. The SMILES string of the molecule is CC(C)(C)NCS(C)(C)C1[C@@H]2C=C(C(C)(C)C)C=CC2C2c3ccccc3S[C@@H]21. The summed E-state index contributed by atoms with van der Waals surface area (Å²) in [5.41, 5.74) is 3.53. The van der Waals surface area contributed by atoms with Gasteiger partial charge in [0.15, 0.2) is 0 Å². The topological polar surface area (TPSA) is 12.0 Å². The number of fused-ring (bicyclic) bond motifs is 5. The second-order valence-corrected chi connectivity index (χ2v) is 17.0. The Bertz CT molecular complexity index is 837. The Morgan fingerprint density at radius 3 is 2.34 bits per heavy atom. The van der Waals surface area contributed by atoms with E-state index >= 15 is 0 Å². The minimum atomic E-state index is -0.815. The summed E-state index contributed by atoms with van der Waals surface area (Å²) in [7, 11) is -0.815. The molecule has 1 saturated carbocycles. The second-order valence-electron chi connectivity index (χ2n) is 11.7. The van der Waals surface area contributed by atoms with Crippen LogP contribution in [0, 0.1) is 17.3 Å². The average molecular weight is 430 g/mol. The Labute approximate surface area is 184 Å². The molecule has 1 aromatic rings. The smallest absolute Gasteiger partial charge is 0.0280 e. The predicted octanol–water partition coefficient (Wildman–Crippen LogP) is 6.81. The fourth-order valence-corrected chi connectivity index (χ4v) is 11.0. The molecule has 1 aromatic carbocycles. The highest BCUT2D eigenvalue weighted by Crippen LogP contribution is 2.68. The lowest BCUT2D eigenvalue weighted by molar-refractivity contribution is 0.456. The number of rotatable bonds is 3. The first-order valence-corrected chi connectivity index (χ1v) is 14.6. The summed E-state index contributed by atoms with van der Waals surface area (Å²) in [6, 6.07) is 9.21. The van der Waals surface area contributed by atoms with Crippen LogP contribution in [0.1, 0.15) is 53.0 Å². The number of allylic oxidation sites excluding steroid dienone is 4. The minimum Gasteiger partial charge on any atom is -0.305 e. The van der Waals surface area contributed by atoms with Crippen LogP contribution in [0.5, 0.6) is 0 Å². The summed E-state index contributed by atoms with van der Waals surface area (Å²) < 4.78 is 0. The van der Waals surface area contributed by atoms with Gasteiger partial charge in [-0.25, -0.2) is 10.0 Å². The quantitative estimate of drug-likeness (QED) is 0.566. The van der Waals surface area contributed by atoms with Crippen molar-refractivity contribution < 1.29 is 0 Å². The zero-order valence-corrected chi connectivity index (χ0v) is 21.1. The molecule has 1 aliphatic heterocycles. The Hall–Kier alpha value is -0.640. The third kappa shape index (κ3) is 4.00. The van der Waals surface area contributed by atoms with E-state index in [0.717, 1.165) is 11.1 Å². The Kier molecular flexibility index (Phi) is 5.36. The van der Waals surface area contributed by atoms with Gasteiger partial charge in [0.05, 0.1) is 0 Å². The molecule has 1 fully saturated rings. The fraction of sp³-hybridized carbons (Fsp3) is 0.615. The molecule has 0 spiro atoms. The molecule has 5 atom stereocenters. The van der Waals surface area contributed by atoms with E-state index in [0.29, 0.717) is 23.0 Å². The van der Waals surface area contributed by atoms with Gasteiger partial charge in [-0.15, -0.1) is 11.8 Å². The minimum absolute atomic E-state index is 0.173. The van der Waals surface area contributed by atoms with Gasteiger partial charge in [-0.3, -0.25) is 0 Å². The highest BCUT2D eigenvalue weighted by atomic mass is 32.3. The van der Waals surface area contributed by atoms with E-state index in [1.807, 2.05) is 0 Å². The zero-order valence-electron chi connectivity index (χ0n) is 19.5. The van der Waals surface area contributed by atoms with E-state index in [2.05, 4.69) is 114 Å². The van der Waals surface area contributed by atoms with Crippen LogP contribution in [0.2, 0.25) is 0 Å². The van der Waals surface area contributed by atoms with Gasteiger partial charge in [0.1, 0.15) is 0 Å². The van der Waals surface area contributed by atoms with Gasteiger partial charge < -0.3 is 5.32 Å². The second kappa shape index (κ2) is 7.21. The van der Waals surface area contributed by atoms with Crippen molar-refractivity contribution in [3.05, 3.63) is 53.6 Å². The van der Waals surface area contributed by atoms with E-state index < -0.39 is 10.0 Å². The monoisotopic (exact) mass is 429 g/mol. The van der Waals surface area contributed by atoms with E-state index in [1.165, 1.54) is 10.5 Å². The molecule has 1 N–H and O–H groups in total. The fourth-order valence-electron chi connectivity index (χ4n) is 5.35. The summed E-state index contributed by atoms with van der Waals surface area (Å²) in [6.07, 6.45) is 12.9. The predicted molar refractivity (Wildman–Crippen MR) is 133 cm³/mol. The largest absolute Gasteiger partial charge is 0.305 e. The van der Waals surface area contributed by atoms with Crippen molar-refractivity contribution in [1.82, 2.24) is 5.32 Å². The zero-order chi connectivity index (χ0) is 21.2. The van der Waals surface area contributed by atoms with Gasteiger partial charge in [0.2, 0.25) is 0 Å². The highest BCUT2D eigenvalue weighted by molar-refractivity contribution is 8.33. The first-order valence-electron chi connectivity index (χ1n) is 11.0. The van der Waals surface area contributed by atoms with Gasteiger partial charge >= 0.3 is 0 Å². The molecule has 4 rings (SSSR count). The van der Waals surface area contributed by atoms with E-state index in [-0.39, 0.29) is 11.0 Å². The lowest BCUT2D eigenvalue weighted by Crippen LogP contribution is -2.42. The average Bonchev–Trinajstić information content (AvgIpc) is 3.12. The molecule has 3 aliphatic rings. The molecule has 0 amide bonds.